The molecule has 1 saturated heterocycles. The third-order valence-electron chi connectivity index (χ3n) is 4.36. The minimum atomic E-state index is -0.0542. The Morgan fingerprint density at radius 2 is 2.00 bits per heavy atom. The number of benzene rings is 1. The van der Waals surface area contributed by atoms with Gasteiger partial charge in [-0.1, -0.05) is 12.1 Å². The molecule has 4 heteroatoms. The van der Waals surface area contributed by atoms with Crippen LogP contribution in [-0.4, -0.2) is 34.6 Å². The molecule has 1 aromatic heterocycles. The fourth-order valence-electron chi connectivity index (χ4n) is 3.19. The highest BCUT2D eigenvalue weighted by atomic mass is 35.5. The van der Waals surface area contributed by atoms with Crippen LogP contribution in [0.4, 0.5) is 0 Å². The Balaban J connectivity index is 2.12. The van der Waals surface area contributed by atoms with Crippen molar-refractivity contribution in [1.29, 1.82) is 0 Å². The van der Waals surface area contributed by atoms with Crippen LogP contribution < -0.4 is 0 Å². The van der Waals surface area contributed by atoms with Crippen molar-refractivity contribution in [2.75, 3.05) is 20.1 Å². The molecule has 1 atom stereocenters. The predicted molar refractivity (Wildman–Crippen MR) is 84.5 cm³/mol. The first kappa shape index (κ1) is 13.9. The van der Waals surface area contributed by atoms with Crippen LogP contribution in [0.3, 0.4) is 0 Å². The van der Waals surface area contributed by atoms with E-state index in [0.29, 0.717) is 6.04 Å². The summed E-state index contributed by atoms with van der Waals surface area (Å²) in [6.45, 7) is 6.43. The summed E-state index contributed by atoms with van der Waals surface area (Å²) in [5.41, 5.74) is 3.57. The number of halogens is 1. The second kappa shape index (κ2) is 5.38. The van der Waals surface area contributed by atoms with Crippen LogP contribution in [0.5, 0.6) is 0 Å². The summed E-state index contributed by atoms with van der Waals surface area (Å²) in [5.74, 6) is 1.02. The Bertz CT molecular complexity index is 609. The van der Waals surface area contributed by atoms with Crippen molar-refractivity contribution in [3.63, 3.8) is 0 Å². The van der Waals surface area contributed by atoms with Gasteiger partial charge in [0.25, 0.3) is 0 Å². The van der Waals surface area contributed by atoms with E-state index in [-0.39, 0.29) is 5.38 Å². The van der Waals surface area contributed by atoms with Crippen molar-refractivity contribution in [1.82, 2.24) is 14.5 Å². The lowest BCUT2D eigenvalue weighted by Gasteiger charge is -2.31. The van der Waals surface area contributed by atoms with Gasteiger partial charge in [-0.3, -0.25) is 0 Å². The number of para-hydroxylation sites is 1. The van der Waals surface area contributed by atoms with Crippen molar-refractivity contribution in [3.05, 3.63) is 29.6 Å². The van der Waals surface area contributed by atoms with Crippen molar-refractivity contribution in [2.24, 2.45) is 0 Å². The maximum absolute atomic E-state index is 6.39. The van der Waals surface area contributed by atoms with Crippen LogP contribution in [-0.2, 0) is 0 Å². The van der Waals surface area contributed by atoms with Gasteiger partial charge in [0.2, 0.25) is 0 Å². The van der Waals surface area contributed by atoms with Gasteiger partial charge in [0.1, 0.15) is 5.82 Å². The smallest absolute Gasteiger partial charge is 0.127 e. The highest BCUT2D eigenvalue weighted by molar-refractivity contribution is 6.20. The van der Waals surface area contributed by atoms with E-state index in [2.05, 4.69) is 41.6 Å². The van der Waals surface area contributed by atoms with Gasteiger partial charge in [0, 0.05) is 6.04 Å². The maximum Gasteiger partial charge on any atom is 0.127 e. The second-order valence-corrected chi connectivity index (χ2v) is 6.59. The molecule has 0 saturated carbocycles. The molecule has 3 nitrogen and oxygen atoms in total. The number of alkyl halides is 1. The highest BCUT2D eigenvalue weighted by Gasteiger charge is 2.25. The molecular weight excluding hydrogens is 270 g/mol. The molecule has 1 aliphatic rings. The standard InChI is InChI=1S/C16H22ClN3/c1-11-5-4-6-14-15(11)18-16(12(2)17)20(14)13-7-9-19(3)10-8-13/h4-6,12-13H,7-10H2,1-3H3. The van der Waals surface area contributed by atoms with Crippen LogP contribution >= 0.6 is 11.6 Å². The monoisotopic (exact) mass is 291 g/mol. The minimum Gasteiger partial charge on any atom is -0.324 e. The first-order valence-electron chi connectivity index (χ1n) is 7.38. The average molecular weight is 292 g/mol. The Kier molecular flexibility index (Phi) is 3.74. The van der Waals surface area contributed by atoms with Crippen LogP contribution in [0, 0.1) is 6.92 Å². The lowest BCUT2D eigenvalue weighted by atomic mass is 10.0. The van der Waals surface area contributed by atoms with Crippen molar-refractivity contribution >= 4 is 22.6 Å². The van der Waals surface area contributed by atoms with Crippen LogP contribution in [0.25, 0.3) is 11.0 Å². The number of nitrogens with zero attached hydrogens (tertiary/aromatic N) is 3. The first-order chi connectivity index (χ1) is 9.58. The molecule has 108 valence electrons. The van der Waals surface area contributed by atoms with E-state index in [1.54, 1.807) is 0 Å². The predicted octanol–water partition coefficient (Wildman–Crippen LogP) is 3.91. The number of aromatic nitrogens is 2. The number of hydrogen-bond acceptors (Lipinski definition) is 2. The highest BCUT2D eigenvalue weighted by Crippen LogP contribution is 2.33. The molecule has 1 aromatic carbocycles. The van der Waals surface area contributed by atoms with E-state index in [1.165, 1.54) is 23.9 Å². The maximum atomic E-state index is 6.39. The van der Waals surface area contributed by atoms with Gasteiger partial charge in [-0.15, -0.1) is 11.6 Å². The number of piperidine rings is 1. The number of hydrogen-bond donors (Lipinski definition) is 0. The molecule has 0 amide bonds. The van der Waals surface area contributed by atoms with E-state index in [0.717, 1.165) is 24.4 Å². The molecule has 0 aliphatic carbocycles. The van der Waals surface area contributed by atoms with E-state index < -0.39 is 0 Å². The topological polar surface area (TPSA) is 21.1 Å². The molecule has 1 aliphatic heterocycles. The van der Waals surface area contributed by atoms with E-state index in [9.17, 15) is 0 Å². The number of aryl methyl sites for hydroxylation is 1. The molecule has 2 heterocycles. The van der Waals surface area contributed by atoms with Gasteiger partial charge in [-0.25, -0.2) is 4.98 Å². The van der Waals surface area contributed by atoms with Gasteiger partial charge in [-0.2, -0.15) is 0 Å². The zero-order valence-corrected chi connectivity index (χ0v) is 13.2. The second-order valence-electron chi connectivity index (χ2n) is 5.93. The summed E-state index contributed by atoms with van der Waals surface area (Å²) in [6.07, 6.45) is 2.35. The molecule has 0 N–H and O–H groups in total. The third-order valence-corrected chi connectivity index (χ3v) is 4.55. The Labute approximate surface area is 125 Å². The first-order valence-corrected chi connectivity index (χ1v) is 7.81. The van der Waals surface area contributed by atoms with Gasteiger partial charge < -0.3 is 9.47 Å². The number of rotatable bonds is 2. The largest absolute Gasteiger partial charge is 0.324 e. The van der Waals surface area contributed by atoms with Crippen molar-refractivity contribution in [2.45, 2.75) is 38.1 Å². The number of imidazole rings is 1. The molecule has 0 bridgehead atoms. The van der Waals surface area contributed by atoms with Gasteiger partial charge in [-0.05, 0) is 58.5 Å². The molecule has 1 unspecified atom stereocenters. The molecular formula is C16H22ClN3. The SMILES string of the molecule is Cc1cccc2c1nc(C(C)Cl)n2C1CCN(C)CC1. The summed E-state index contributed by atoms with van der Waals surface area (Å²) in [5, 5.41) is -0.0542. The van der Waals surface area contributed by atoms with Crippen LogP contribution in [0.1, 0.15) is 42.6 Å². The quantitative estimate of drug-likeness (QED) is 0.782. The zero-order valence-electron chi connectivity index (χ0n) is 12.4. The lowest BCUT2D eigenvalue weighted by molar-refractivity contribution is 0.221. The van der Waals surface area contributed by atoms with Crippen molar-refractivity contribution in [3.8, 4) is 0 Å². The van der Waals surface area contributed by atoms with Gasteiger partial charge >= 0.3 is 0 Å². The van der Waals surface area contributed by atoms with E-state index >= 15 is 0 Å². The number of likely N-dealkylation sites (tertiary alicyclic amines) is 1. The summed E-state index contributed by atoms with van der Waals surface area (Å²) >= 11 is 6.39. The molecule has 0 spiro atoms. The summed E-state index contributed by atoms with van der Waals surface area (Å²) in [6, 6.07) is 6.94. The van der Waals surface area contributed by atoms with Gasteiger partial charge in [0.05, 0.1) is 16.4 Å². The van der Waals surface area contributed by atoms with E-state index in [1.807, 2.05) is 6.92 Å². The Morgan fingerprint density at radius 1 is 1.30 bits per heavy atom. The molecule has 20 heavy (non-hydrogen) atoms. The fourth-order valence-corrected chi connectivity index (χ4v) is 3.35. The molecule has 2 aromatic rings. The Morgan fingerprint density at radius 3 is 2.65 bits per heavy atom. The summed E-state index contributed by atoms with van der Waals surface area (Å²) < 4.78 is 2.40. The van der Waals surface area contributed by atoms with E-state index in [4.69, 9.17) is 16.6 Å². The van der Waals surface area contributed by atoms with Gasteiger partial charge in [0.15, 0.2) is 0 Å². The number of fused-ring (bicyclic) bond motifs is 1. The molecule has 1 fully saturated rings. The summed E-state index contributed by atoms with van der Waals surface area (Å²) in [4.78, 5) is 7.22. The average Bonchev–Trinajstić information content (AvgIpc) is 2.81. The normalized spacial score (nSPS) is 19.6. The third kappa shape index (κ3) is 2.33. The molecule has 3 rings (SSSR count). The van der Waals surface area contributed by atoms with Crippen LogP contribution in [0.2, 0.25) is 0 Å². The zero-order chi connectivity index (χ0) is 14.3. The fraction of sp³-hybridized carbons (Fsp3) is 0.562. The lowest BCUT2D eigenvalue weighted by Crippen LogP contribution is -2.32. The summed E-state index contributed by atoms with van der Waals surface area (Å²) in [7, 11) is 2.19. The molecule has 0 radical (unpaired) electrons. The Hall–Kier alpha value is -1.06. The van der Waals surface area contributed by atoms with Crippen LogP contribution in [0.15, 0.2) is 18.2 Å². The van der Waals surface area contributed by atoms with Crippen molar-refractivity contribution < 1.29 is 0 Å². The minimum absolute atomic E-state index is 0.0542.